The Kier molecular flexibility index (Phi) is 4.74. The van der Waals surface area contributed by atoms with Crippen molar-refractivity contribution < 1.29 is 4.79 Å². The van der Waals surface area contributed by atoms with E-state index in [1.807, 2.05) is 18.4 Å². The van der Waals surface area contributed by atoms with Crippen molar-refractivity contribution in [3.63, 3.8) is 0 Å². The Morgan fingerprint density at radius 1 is 1.33 bits per heavy atom. The highest BCUT2D eigenvalue weighted by atomic mass is 32.1. The third kappa shape index (κ3) is 3.49. The average molecular weight is 384 g/mol. The zero-order valence-corrected chi connectivity index (χ0v) is 16.5. The minimum Gasteiger partial charge on any atom is -0.398 e. The van der Waals surface area contributed by atoms with Gasteiger partial charge in [-0.2, -0.15) is 0 Å². The number of carbonyl (C=O) groups excluding carboxylic acids is 1. The molecule has 6 nitrogen and oxygen atoms in total. The number of nitrogen functional groups attached to an aromatic ring is 1. The molecule has 2 saturated heterocycles. The summed E-state index contributed by atoms with van der Waals surface area (Å²) in [7, 11) is 2.18. The molecule has 0 radical (unpaired) electrons. The Hall–Kier alpha value is -2.25. The molecule has 1 aromatic carbocycles. The minimum atomic E-state index is -0.339. The molecule has 7 heteroatoms. The summed E-state index contributed by atoms with van der Waals surface area (Å²) in [6.45, 7) is 1.95. The minimum absolute atomic E-state index is 0.0688. The number of hydrogen-bond donors (Lipinski definition) is 3. The Morgan fingerprint density at radius 2 is 2.04 bits per heavy atom. The predicted octanol–water partition coefficient (Wildman–Crippen LogP) is 2.81. The highest BCUT2D eigenvalue weighted by Gasteiger charge is 2.39. The van der Waals surface area contributed by atoms with Crippen LogP contribution in [0.3, 0.4) is 0 Å². The van der Waals surface area contributed by atoms with Crippen LogP contribution < -0.4 is 11.1 Å². The zero-order valence-electron chi connectivity index (χ0n) is 15.7. The normalized spacial score (nSPS) is 24.7. The summed E-state index contributed by atoms with van der Waals surface area (Å²) in [4.78, 5) is 19.5. The van der Waals surface area contributed by atoms with Crippen molar-refractivity contribution in [2.45, 2.75) is 50.7 Å². The summed E-state index contributed by atoms with van der Waals surface area (Å²) in [5.41, 5.74) is 8.88. The topological polar surface area (TPSA) is 95.1 Å². The highest BCUT2D eigenvalue weighted by Crippen LogP contribution is 2.34. The average Bonchev–Trinajstić information content (AvgIpc) is 3.14. The van der Waals surface area contributed by atoms with E-state index in [1.165, 1.54) is 12.8 Å². The van der Waals surface area contributed by atoms with Crippen molar-refractivity contribution in [2.75, 3.05) is 12.8 Å². The van der Waals surface area contributed by atoms with Gasteiger partial charge in [-0.25, -0.2) is 4.98 Å². The van der Waals surface area contributed by atoms with Crippen molar-refractivity contribution >= 4 is 28.6 Å². The molecule has 2 unspecified atom stereocenters. The summed E-state index contributed by atoms with van der Waals surface area (Å²) in [6.07, 6.45) is 4.33. The van der Waals surface area contributed by atoms with Gasteiger partial charge in [0, 0.05) is 46.0 Å². The molecule has 4 rings (SSSR count). The van der Waals surface area contributed by atoms with Gasteiger partial charge in [0.25, 0.3) is 5.91 Å². The lowest BCUT2D eigenvalue weighted by molar-refractivity contribution is -0.115. The number of hydrogen-bond acceptors (Lipinski definition) is 6. The molecule has 0 spiro atoms. The summed E-state index contributed by atoms with van der Waals surface area (Å²) >= 11 is 1.56. The molecule has 0 saturated carbocycles. The lowest BCUT2D eigenvalue weighted by atomic mass is 9.97. The van der Waals surface area contributed by atoms with Crippen molar-refractivity contribution in [3.8, 4) is 10.6 Å². The van der Waals surface area contributed by atoms with Gasteiger partial charge in [0.2, 0.25) is 0 Å². The SMILES string of the molecule is Cc1csc(-c2ccc(C(=N)C(=O)NC3CC4CCC(C3)N4C)c(N)c2)n1. The molecule has 1 aromatic heterocycles. The first-order chi connectivity index (χ1) is 12.9. The fraction of sp³-hybridized carbons (Fsp3) is 0.450. The standard InChI is InChI=1S/C20H25N5OS/c1-11-10-27-20(23-11)12-3-6-16(17(21)7-12)18(22)19(26)24-13-8-14-4-5-15(9-13)25(14)2/h3,6-7,10,13-15,22H,4-5,8-9,21H2,1-2H3,(H,24,26). The van der Waals surface area contributed by atoms with Gasteiger partial charge >= 0.3 is 0 Å². The van der Waals surface area contributed by atoms with E-state index in [0.29, 0.717) is 23.3 Å². The van der Waals surface area contributed by atoms with E-state index in [9.17, 15) is 4.79 Å². The molecule has 2 bridgehead atoms. The first-order valence-electron chi connectivity index (χ1n) is 9.36. The molecular weight excluding hydrogens is 358 g/mol. The van der Waals surface area contributed by atoms with Gasteiger partial charge in [0.1, 0.15) is 10.7 Å². The number of anilines is 1. The molecule has 142 valence electrons. The van der Waals surface area contributed by atoms with Crippen LogP contribution in [0.1, 0.15) is 36.9 Å². The van der Waals surface area contributed by atoms with Crippen LogP contribution in [0.4, 0.5) is 5.69 Å². The quantitative estimate of drug-likeness (QED) is 0.559. The van der Waals surface area contributed by atoms with E-state index in [-0.39, 0.29) is 17.7 Å². The van der Waals surface area contributed by atoms with Gasteiger partial charge in [-0.15, -0.1) is 11.3 Å². The number of amides is 1. The molecule has 0 aliphatic carbocycles. The second-order valence-corrected chi connectivity index (χ2v) is 8.52. The summed E-state index contributed by atoms with van der Waals surface area (Å²) in [6, 6.07) is 6.67. The van der Waals surface area contributed by atoms with Crippen LogP contribution in [0.25, 0.3) is 10.6 Å². The monoisotopic (exact) mass is 383 g/mol. The van der Waals surface area contributed by atoms with Crippen LogP contribution in [0.2, 0.25) is 0 Å². The number of nitrogens with one attached hydrogen (secondary N) is 2. The van der Waals surface area contributed by atoms with E-state index in [4.69, 9.17) is 11.1 Å². The lowest BCUT2D eigenvalue weighted by Crippen LogP contribution is -2.50. The molecule has 1 amide bonds. The number of rotatable bonds is 4. The predicted molar refractivity (Wildman–Crippen MR) is 109 cm³/mol. The maximum Gasteiger partial charge on any atom is 0.270 e. The summed E-state index contributed by atoms with van der Waals surface area (Å²) < 4.78 is 0. The van der Waals surface area contributed by atoms with Gasteiger partial charge in [-0.1, -0.05) is 6.07 Å². The third-order valence-corrected chi connectivity index (χ3v) is 6.86. The largest absolute Gasteiger partial charge is 0.398 e. The number of nitrogens with two attached hydrogens (primary N) is 1. The van der Waals surface area contributed by atoms with Crippen molar-refractivity contribution in [2.24, 2.45) is 0 Å². The molecule has 4 N–H and O–H groups in total. The van der Waals surface area contributed by atoms with Crippen LogP contribution in [0, 0.1) is 12.3 Å². The highest BCUT2D eigenvalue weighted by molar-refractivity contribution is 7.13. The fourth-order valence-corrected chi connectivity index (χ4v) is 5.11. The van der Waals surface area contributed by atoms with Crippen molar-refractivity contribution in [1.82, 2.24) is 15.2 Å². The first-order valence-corrected chi connectivity index (χ1v) is 10.2. The van der Waals surface area contributed by atoms with Gasteiger partial charge in [0.15, 0.2) is 0 Å². The fourth-order valence-electron chi connectivity index (χ4n) is 4.32. The van der Waals surface area contributed by atoms with Crippen LogP contribution in [0.5, 0.6) is 0 Å². The van der Waals surface area contributed by atoms with E-state index in [0.717, 1.165) is 29.1 Å². The molecule has 2 atom stereocenters. The van der Waals surface area contributed by atoms with E-state index >= 15 is 0 Å². The van der Waals surface area contributed by atoms with Crippen molar-refractivity contribution in [3.05, 3.63) is 34.8 Å². The number of nitrogens with zero attached hydrogens (tertiary/aromatic N) is 2. The van der Waals surface area contributed by atoms with Crippen LogP contribution in [-0.2, 0) is 4.79 Å². The number of aromatic nitrogens is 1. The second kappa shape index (κ2) is 7.05. The number of piperidine rings is 1. The molecular formula is C20H25N5OS. The molecule has 2 aromatic rings. The smallest absolute Gasteiger partial charge is 0.270 e. The van der Waals surface area contributed by atoms with E-state index in [2.05, 4.69) is 22.2 Å². The molecule has 3 heterocycles. The number of fused-ring (bicyclic) bond motifs is 2. The summed E-state index contributed by atoms with van der Waals surface area (Å²) in [5, 5.41) is 14.3. The van der Waals surface area contributed by atoms with Gasteiger partial charge < -0.3 is 16.0 Å². The molecule has 2 aliphatic heterocycles. The molecule has 2 aliphatic rings. The number of thiazole rings is 1. The van der Waals surface area contributed by atoms with E-state index < -0.39 is 0 Å². The maximum atomic E-state index is 12.6. The first kappa shape index (κ1) is 18.1. The van der Waals surface area contributed by atoms with Crippen LogP contribution >= 0.6 is 11.3 Å². The van der Waals surface area contributed by atoms with Crippen LogP contribution in [-0.4, -0.2) is 46.7 Å². The van der Waals surface area contributed by atoms with Gasteiger partial charge in [0.05, 0.1) is 0 Å². The Labute approximate surface area is 163 Å². The Morgan fingerprint density at radius 3 is 2.63 bits per heavy atom. The number of aryl methyl sites for hydroxylation is 1. The number of benzene rings is 1. The Balaban J connectivity index is 1.45. The van der Waals surface area contributed by atoms with Crippen LogP contribution in [0.15, 0.2) is 23.6 Å². The molecule has 2 fully saturated rings. The second-order valence-electron chi connectivity index (χ2n) is 7.66. The number of carbonyl (C=O) groups is 1. The van der Waals surface area contributed by atoms with E-state index in [1.54, 1.807) is 23.5 Å². The zero-order chi connectivity index (χ0) is 19.1. The third-order valence-electron chi connectivity index (χ3n) is 5.85. The lowest BCUT2D eigenvalue weighted by Gasteiger charge is -2.36. The van der Waals surface area contributed by atoms with Gasteiger partial charge in [-0.3, -0.25) is 10.2 Å². The maximum absolute atomic E-state index is 12.6. The molecule has 27 heavy (non-hydrogen) atoms. The summed E-state index contributed by atoms with van der Waals surface area (Å²) in [5.74, 6) is -0.339. The Bertz CT molecular complexity index is 878. The van der Waals surface area contributed by atoms with Crippen molar-refractivity contribution in [1.29, 1.82) is 5.41 Å². The van der Waals surface area contributed by atoms with Gasteiger partial charge in [-0.05, 0) is 51.8 Å².